The molecule has 0 bridgehead atoms. The molecular formula is C20H24N6O4. The van der Waals surface area contributed by atoms with Crippen LogP contribution >= 0.6 is 0 Å². The molecule has 158 valence electrons. The summed E-state index contributed by atoms with van der Waals surface area (Å²) in [4.78, 5) is 26.4. The van der Waals surface area contributed by atoms with Gasteiger partial charge < -0.3 is 25.2 Å². The van der Waals surface area contributed by atoms with Crippen molar-refractivity contribution in [1.82, 2.24) is 24.4 Å². The molecule has 1 aromatic carbocycles. The van der Waals surface area contributed by atoms with E-state index in [1.807, 2.05) is 12.1 Å². The summed E-state index contributed by atoms with van der Waals surface area (Å²) in [5, 5.41) is 23.5. The Morgan fingerprint density at radius 1 is 1.17 bits per heavy atom. The molecule has 3 heterocycles. The van der Waals surface area contributed by atoms with Crippen molar-refractivity contribution in [2.75, 3.05) is 19.4 Å². The Balaban J connectivity index is 1.52. The van der Waals surface area contributed by atoms with Gasteiger partial charge in [-0.3, -0.25) is 9.36 Å². The molecule has 3 N–H and O–H groups in total. The number of nitrogens with zero attached hydrogens (tertiary/aromatic N) is 5. The number of imidazole rings is 1. The minimum atomic E-state index is -1.08. The first-order valence-electron chi connectivity index (χ1n) is 9.60. The fraction of sp³-hybridized carbons (Fsp3) is 0.400. The van der Waals surface area contributed by atoms with Crippen LogP contribution in [0, 0.1) is 0 Å². The monoisotopic (exact) mass is 412 g/mol. The molecule has 2 aromatic heterocycles. The average molecular weight is 412 g/mol. The second kappa shape index (κ2) is 7.98. The molecule has 0 saturated carbocycles. The number of aliphatic hydroxyl groups is 2. The Labute approximate surface area is 173 Å². The van der Waals surface area contributed by atoms with Gasteiger partial charge in [-0.05, 0) is 24.6 Å². The van der Waals surface area contributed by atoms with Gasteiger partial charge in [0.25, 0.3) is 5.91 Å². The van der Waals surface area contributed by atoms with Crippen LogP contribution in [-0.2, 0) is 11.3 Å². The molecule has 10 heteroatoms. The first kappa shape index (κ1) is 20.2. The molecule has 0 spiro atoms. The lowest BCUT2D eigenvalue weighted by Crippen LogP contribution is -2.30. The number of nitrogens with one attached hydrogen (secondary N) is 1. The van der Waals surface area contributed by atoms with Gasteiger partial charge in [0.1, 0.15) is 18.5 Å². The number of amides is 1. The Morgan fingerprint density at radius 2 is 1.90 bits per heavy atom. The van der Waals surface area contributed by atoms with Crippen LogP contribution in [-0.4, -0.2) is 72.9 Å². The number of rotatable bonds is 5. The van der Waals surface area contributed by atoms with E-state index in [1.165, 1.54) is 17.6 Å². The summed E-state index contributed by atoms with van der Waals surface area (Å²) in [5.41, 5.74) is 2.62. The van der Waals surface area contributed by atoms with E-state index in [9.17, 15) is 15.0 Å². The summed E-state index contributed by atoms with van der Waals surface area (Å²) >= 11 is 0. The van der Waals surface area contributed by atoms with E-state index in [2.05, 4.69) is 20.3 Å². The largest absolute Gasteiger partial charge is 0.388 e. The Bertz CT molecular complexity index is 1050. The van der Waals surface area contributed by atoms with Gasteiger partial charge in [0.05, 0.1) is 12.4 Å². The smallest absolute Gasteiger partial charge is 0.253 e. The normalized spacial score (nSPS) is 23.6. The standard InChI is InChI=1S/C20H24N6O4/c1-11-15(27)16(28)20(30-11)26-10-24-14-17(22-9-23-18(14)26)21-8-12-4-6-13(7-5-12)19(29)25(2)3/h4-7,9-11,15-16,20,27-28H,8H2,1-3H3,(H,21,22,23)/t11-,15-,16-,20-/m1/s1. The summed E-state index contributed by atoms with van der Waals surface area (Å²) in [7, 11) is 3.43. The molecule has 1 aliphatic rings. The van der Waals surface area contributed by atoms with Gasteiger partial charge in [-0.1, -0.05) is 12.1 Å². The number of hydrogen-bond acceptors (Lipinski definition) is 8. The van der Waals surface area contributed by atoms with E-state index < -0.39 is 24.5 Å². The number of carbonyl (C=O) groups is 1. The molecule has 1 amide bonds. The molecule has 1 aliphatic heterocycles. The molecule has 4 rings (SSSR count). The SMILES string of the molecule is C[C@H]1O[C@@H](n2cnc3c(NCc4ccc(C(=O)N(C)C)cc4)ncnc32)[C@H](O)[C@@H]1O. The zero-order valence-corrected chi connectivity index (χ0v) is 16.9. The van der Waals surface area contributed by atoms with Crippen LogP contribution in [0.1, 0.15) is 29.1 Å². The Morgan fingerprint density at radius 3 is 2.53 bits per heavy atom. The molecule has 0 aliphatic carbocycles. The highest BCUT2D eigenvalue weighted by molar-refractivity contribution is 5.93. The number of carbonyl (C=O) groups excluding carboxylic acids is 1. The maximum Gasteiger partial charge on any atom is 0.253 e. The quantitative estimate of drug-likeness (QED) is 0.561. The fourth-order valence-corrected chi connectivity index (χ4v) is 3.43. The highest BCUT2D eigenvalue weighted by Crippen LogP contribution is 2.32. The number of aromatic nitrogens is 4. The first-order chi connectivity index (χ1) is 14.4. The molecule has 30 heavy (non-hydrogen) atoms. The third-order valence-corrected chi connectivity index (χ3v) is 5.18. The highest BCUT2D eigenvalue weighted by atomic mass is 16.6. The number of hydrogen-bond donors (Lipinski definition) is 3. The minimum Gasteiger partial charge on any atom is -0.388 e. The Hall–Kier alpha value is -3.08. The summed E-state index contributed by atoms with van der Waals surface area (Å²) in [6, 6.07) is 7.34. The molecule has 0 radical (unpaired) electrons. The van der Waals surface area contributed by atoms with Crippen LogP contribution in [0.4, 0.5) is 5.82 Å². The highest BCUT2D eigenvalue weighted by Gasteiger charge is 2.42. The maximum absolute atomic E-state index is 12.0. The van der Waals surface area contributed by atoms with Crippen molar-refractivity contribution in [2.24, 2.45) is 0 Å². The van der Waals surface area contributed by atoms with Gasteiger partial charge in [-0.15, -0.1) is 0 Å². The van der Waals surface area contributed by atoms with Crippen LogP contribution in [0.2, 0.25) is 0 Å². The molecule has 1 fully saturated rings. The van der Waals surface area contributed by atoms with Crippen LogP contribution in [0.3, 0.4) is 0 Å². The van der Waals surface area contributed by atoms with Crippen molar-refractivity contribution in [1.29, 1.82) is 0 Å². The van der Waals surface area contributed by atoms with Crippen molar-refractivity contribution in [3.8, 4) is 0 Å². The first-order valence-corrected chi connectivity index (χ1v) is 9.60. The molecule has 10 nitrogen and oxygen atoms in total. The minimum absolute atomic E-state index is 0.0479. The third kappa shape index (κ3) is 3.60. The van der Waals surface area contributed by atoms with Crippen molar-refractivity contribution in [3.63, 3.8) is 0 Å². The predicted octanol–water partition coefficient (Wildman–Crippen LogP) is 0.779. The lowest BCUT2D eigenvalue weighted by Gasteiger charge is -2.16. The van der Waals surface area contributed by atoms with Crippen molar-refractivity contribution >= 4 is 22.9 Å². The van der Waals surface area contributed by atoms with Crippen molar-refractivity contribution < 1.29 is 19.7 Å². The average Bonchev–Trinajstić information content (AvgIpc) is 3.28. The Kier molecular flexibility index (Phi) is 5.37. The van der Waals surface area contributed by atoms with Crippen LogP contribution in [0.5, 0.6) is 0 Å². The van der Waals surface area contributed by atoms with Crippen LogP contribution < -0.4 is 5.32 Å². The van der Waals surface area contributed by atoms with Gasteiger partial charge in [-0.25, -0.2) is 15.0 Å². The number of aliphatic hydroxyl groups excluding tert-OH is 2. The lowest BCUT2D eigenvalue weighted by atomic mass is 10.1. The van der Waals surface area contributed by atoms with E-state index in [0.717, 1.165) is 5.56 Å². The third-order valence-electron chi connectivity index (χ3n) is 5.18. The van der Waals surface area contributed by atoms with Crippen molar-refractivity contribution in [2.45, 2.75) is 38.0 Å². The fourth-order valence-electron chi connectivity index (χ4n) is 3.43. The second-order valence-corrected chi connectivity index (χ2v) is 7.51. The van der Waals surface area contributed by atoms with E-state index in [-0.39, 0.29) is 5.91 Å². The van der Waals surface area contributed by atoms with Gasteiger partial charge >= 0.3 is 0 Å². The molecule has 4 atom stereocenters. The second-order valence-electron chi connectivity index (χ2n) is 7.51. The van der Waals surface area contributed by atoms with E-state index in [4.69, 9.17) is 4.74 Å². The lowest BCUT2D eigenvalue weighted by molar-refractivity contribution is -0.0299. The van der Waals surface area contributed by atoms with Crippen LogP contribution in [0.15, 0.2) is 36.9 Å². The number of fused-ring (bicyclic) bond motifs is 1. The predicted molar refractivity (Wildman–Crippen MR) is 109 cm³/mol. The number of benzene rings is 1. The van der Waals surface area contributed by atoms with E-state index in [1.54, 1.807) is 37.7 Å². The summed E-state index contributed by atoms with van der Waals surface area (Å²) in [6.45, 7) is 2.18. The van der Waals surface area contributed by atoms with Gasteiger partial charge in [0.15, 0.2) is 23.2 Å². The van der Waals surface area contributed by atoms with Crippen LogP contribution in [0.25, 0.3) is 11.2 Å². The summed E-state index contributed by atoms with van der Waals surface area (Å²) in [5.74, 6) is 0.488. The summed E-state index contributed by atoms with van der Waals surface area (Å²) in [6.07, 6.45) is -0.400. The summed E-state index contributed by atoms with van der Waals surface area (Å²) < 4.78 is 7.26. The van der Waals surface area contributed by atoms with Crippen molar-refractivity contribution in [3.05, 3.63) is 48.0 Å². The zero-order valence-electron chi connectivity index (χ0n) is 16.9. The molecular weight excluding hydrogens is 388 g/mol. The maximum atomic E-state index is 12.0. The van der Waals surface area contributed by atoms with Gasteiger partial charge in [0, 0.05) is 26.2 Å². The van der Waals surface area contributed by atoms with Gasteiger partial charge in [0.2, 0.25) is 0 Å². The topological polar surface area (TPSA) is 126 Å². The zero-order chi connectivity index (χ0) is 21.4. The van der Waals surface area contributed by atoms with E-state index >= 15 is 0 Å². The molecule has 3 aromatic rings. The number of anilines is 1. The molecule has 0 unspecified atom stereocenters. The number of ether oxygens (including phenoxy) is 1. The van der Waals surface area contributed by atoms with Gasteiger partial charge in [-0.2, -0.15) is 0 Å². The molecule has 1 saturated heterocycles. The van der Waals surface area contributed by atoms with E-state index in [0.29, 0.717) is 29.1 Å².